The third kappa shape index (κ3) is 5.45. The number of hydrogen-bond acceptors (Lipinski definition) is 3. The minimum atomic E-state index is -0.535. The highest BCUT2D eigenvalue weighted by molar-refractivity contribution is 5.29. The van der Waals surface area contributed by atoms with Crippen LogP contribution in [0.15, 0.2) is 84.9 Å². The molecule has 3 heteroatoms. The Morgan fingerprint density at radius 2 is 1.36 bits per heavy atom. The van der Waals surface area contributed by atoms with E-state index in [-0.39, 0.29) is 0 Å². The molecule has 0 amide bonds. The van der Waals surface area contributed by atoms with Gasteiger partial charge in [-0.15, -0.1) is 0 Å². The SMILES string of the molecule is O[C@H](CNCc1ccccc1)c1ccc(OCc2ccccc2)cc1. The summed E-state index contributed by atoms with van der Waals surface area (Å²) in [5, 5.41) is 13.6. The molecule has 128 valence electrons. The molecule has 1 atom stereocenters. The first-order valence-corrected chi connectivity index (χ1v) is 8.50. The molecule has 0 saturated carbocycles. The van der Waals surface area contributed by atoms with Crippen molar-refractivity contribution >= 4 is 0 Å². The monoisotopic (exact) mass is 333 g/mol. The molecule has 0 aliphatic rings. The largest absolute Gasteiger partial charge is 0.489 e. The lowest BCUT2D eigenvalue weighted by Gasteiger charge is -2.13. The molecule has 0 spiro atoms. The number of aliphatic hydroxyl groups excluding tert-OH is 1. The average molecular weight is 333 g/mol. The van der Waals surface area contributed by atoms with E-state index in [0.717, 1.165) is 23.4 Å². The van der Waals surface area contributed by atoms with Gasteiger partial charge >= 0.3 is 0 Å². The van der Waals surface area contributed by atoms with E-state index in [0.29, 0.717) is 13.2 Å². The molecule has 2 N–H and O–H groups in total. The van der Waals surface area contributed by atoms with Gasteiger partial charge in [-0.3, -0.25) is 0 Å². The van der Waals surface area contributed by atoms with Crippen molar-refractivity contribution in [3.8, 4) is 5.75 Å². The van der Waals surface area contributed by atoms with Gasteiger partial charge in [0, 0.05) is 13.1 Å². The quantitative estimate of drug-likeness (QED) is 0.652. The van der Waals surface area contributed by atoms with Crippen molar-refractivity contribution < 1.29 is 9.84 Å². The second-order valence-corrected chi connectivity index (χ2v) is 5.98. The molecule has 0 aliphatic carbocycles. The minimum absolute atomic E-state index is 0.513. The second-order valence-electron chi connectivity index (χ2n) is 5.98. The van der Waals surface area contributed by atoms with Crippen LogP contribution in [0.4, 0.5) is 0 Å². The van der Waals surface area contributed by atoms with Gasteiger partial charge in [-0.2, -0.15) is 0 Å². The summed E-state index contributed by atoms with van der Waals surface area (Å²) in [6, 6.07) is 27.9. The Morgan fingerprint density at radius 3 is 2.00 bits per heavy atom. The first-order valence-electron chi connectivity index (χ1n) is 8.50. The van der Waals surface area contributed by atoms with E-state index < -0.39 is 6.10 Å². The zero-order valence-electron chi connectivity index (χ0n) is 14.1. The highest BCUT2D eigenvalue weighted by Gasteiger charge is 2.07. The van der Waals surface area contributed by atoms with E-state index in [1.807, 2.05) is 72.8 Å². The standard InChI is InChI=1S/C22H23NO2/c24-22(16-23-15-18-7-3-1-4-8-18)20-11-13-21(14-12-20)25-17-19-9-5-2-6-10-19/h1-14,22-24H,15-17H2/t22-/m1/s1. The van der Waals surface area contributed by atoms with Crippen molar-refractivity contribution in [3.05, 3.63) is 102 Å². The highest BCUT2D eigenvalue weighted by atomic mass is 16.5. The smallest absolute Gasteiger partial charge is 0.119 e. The highest BCUT2D eigenvalue weighted by Crippen LogP contribution is 2.18. The number of ether oxygens (including phenoxy) is 1. The maximum absolute atomic E-state index is 10.3. The predicted molar refractivity (Wildman–Crippen MR) is 100 cm³/mol. The Kier molecular flexibility index (Phi) is 6.21. The fourth-order valence-corrected chi connectivity index (χ4v) is 2.59. The summed E-state index contributed by atoms with van der Waals surface area (Å²) in [6.07, 6.45) is -0.535. The van der Waals surface area contributed by atoms with Crippen LogP contribution in [0.5, 0.6) is 5.75 Å². The van der Waals surface area contributed by atoms with Gasteiger partial charge in [0.1, 0.15) is 12.4 Å². The number of nitrogens with one attached hydrogen (secondary N) is 1. The van der Waals surface area contributed by atoms with E-state index in [1.165, 1.54) is 5.56 Å². The number of aliphatic hydroxyl groups is 1. The van der Waals surface area contributed by atoms with Crippen LogP contribution in [0.2, 0.25) is 0 Å². The van der Waals surface area contributed by atoms with Gasteiger partial charge in [0.15, 0.2) is 0 Å². The van der Waals surface area contributed by atoms with Crippen LogP contribution < -0.4 is 10.1 Å². The van der Waals surface area contributed by atoms with E-state index in [9.17, 15) is 5.11 Å². The summed E-state index contributed by atoms with van der Waals surface area (Å²) in [5.74, 6) is 0.803. The van der Waals surface area contributed by atoms with Crippen LogP contribution in [-0.4, -0.2) is 11.7 Å². The Labute approximate surface area is 148 Å². The average Bonchev–Trinajstić information content (AvgIpc) is 2.68. The lowest BCUT2D eigenvalue weighted by molar-refractivity contribution is 0.174. The molecule has 0 fully saturated rings. The molecular formula is C22H23NO2. The maximum Gasteiger partial charge on any atom is 0.119 e. The van der Waals surface area contributed by atoms with E-state index >= 15 is 0 Å². The van der Waals surface area contributed by atoms with Crippen LogP contribution >= 0.6 is 0 Å². The molecule has 3 rings (SSSR count). The van der Waals surface area contributed by atoms with Gasteiger partial charge in [0.25, 0.3) is 0 Å². The summed E-state index contributed by atoms with van der Waals surface area (Å²) < 4.78 is 5.77. The summed E-state index contributed by atoms with van der Waals surface area (Å²) in [6.45, 7) is 1.80. The van der Waals surface area contributed by atoms with Gasteiger partial charge in [-0.25, -0.2) is 0 Å². The molecule has 0 heterocycles. The van der Waals surface area contributed by atoms with Crippen molar-refractivity contribution in [2.45, 2.75) is 19.3 Å². The molecule has 0 bridgehead atoms. The molecule has 3 nitrogen and oxygen atoms in total. The Bertz CT molecular complexity index is 742. The van der Waals surface area contributed by atoms with Crippen molar-refractivity contribution in [2.75, 3.05) is 6.54 Å². The van der Waals surface area contributed by atoms with E-state index in [4.69, 9.17) is 4.74 Å². The normalized spacial score (nSPS) is 11.9. The zero-order chi connectivity index (χ0) is 17.3. The van der Waals surface area contributed by atoms with Crippen molar-refractivity contribution in [1.29, 1.82) is 0 Å². The van der Waals surface area contributed by atoms with Crippen LogP contribution in [0.1, 0.15) is 22.8 Å². The summed E-state index contributed by atoms with van der Waals surface area (Å²) in [5.41, 5.74) is 3.23. The molecular weight excluding hydrogens is 310 g/mol. The topological polar surface area (TPSA) is 41.5 Å². The lowest BCUT2D eigenvalue weighted by atomic mass is 10.1. The van der Waals surface area contributed by atoms with Crippen LogP contribution in [-0.2, 0) is 13.2 Å². The molecule has 0 saturated heterocycles. The van der Waals surface area contributed by atoms with Gasteiger partial charge in [0.05, 0.1) is 6.10 Å². The summed E-state index contributed by atoms with van der Waals surface area (Å²) in [4.78, 5) is 0. The van der Waals surface area contributed by atoms with Gasteiger partial charge < -0.3 is 15.2 Å². The lowest BCUT2D eigenvalue weighted by Crippen LogP contribution is -2.21. The number of rotatable bonds is 8. The fraction of sp³-hybridized carbons (Fsp3) is 0.182. The van der Waals surface area contributed by atoms with Crippen molar-refractivity contribution in [2.24, 2.45) is 0 Å². The van der Waals surface area contributed by atoms with Crippen molar-refractivity contribution in [3.63, 3.8) is 0 Å². The molecule has 3 aromatic rings. The maximum atomic E-state index is 10.3. The van der Waals surface area contributed by atoms with E-state index in [1.54, 1.807) is 0 Å². The van der Waals surface area contributed by atoms with Crippen LogP contribution in [0, 0.1) is 0 Å². The van der Waals surface area contributed by atoms with Crippen LogP contribution in [0.25, 0.3) is 0 Å². The first kappa shape index (κ1) is 17.2. The Hall–Kier alpha value is -2.62. The second kappa shape index (κ2) is 9.02. The Balaban J connectivity index is 1.46. The minimum Gasteiger partial charge on any atom is -0.489 e. The molecule has 3 aromatic carbocycles. The third-order valence-corrected chi connectivity index (χ3v) is 4.02. The molecule has 0 radical (unpaired) electrons. The number of hydrogen-bond donors (Lipinski definition) is 2. The molecule has 25 heavy (non-hydrogen) atoms. The number of benzene rings is 3. The van der Waals surface area contributed by atoms with Gasteiger partial charge in [-0.1, -0.05) is 72.8 Å². The first-order chi connectivity index (χ1) is 12.3. The fourth-order valence-electron chi connectivity index (χ4n) is 2.59. The predicted octanol–water partition coefficient (Wildman–Crippen LogP) is 4.09. The Morgan fingerprint density at radius 1 is 0.760 bits per heavy atom. The summed E-state index contributed by atoms with van der Waals surface area (Å²) >= 11 is 0. The van der Waals surface area contributed by atoms with Gasteiger partial charge in [0.2, 0.25) is 0 Å². The molecule has 0 unspecified atom stereocenters. The van der Waals surface area contributed by atoms with Crippen LogP contribution in [0.3, 0.4) is 0 Å². The molecule has 0 aliphatic heterocycles. The summed E-state index contributed by atoms with van der Waals surface area (Å²) in [7, 11) is 0. The van der Waals surface area contributed by atoms with E-state index in [2.05, 4.69) is 17.4 Å². The van der Waals surface area contributed by atoms with Gasteiger partial charge in [-0.05, 0) is 28.8 Å². The molecule has 0 aromatic heterocycles. The third-order valence-electron chi connectivity index (χ3n) is 4.02. The zero-order valence-corrected chi connectivity index (χ0v) is 14.1. The van der Waals surface area contributed by atoms with Crippen molar-refractivity contribution in [1.82, 2.24) is 5.32 Å².